The smallest absolute Gasteiger partial charge is 0.318 e. The van der Waals surface area contributed by atoms with Gasteiger partial charge in [-0.15, -0.1) is 0 Å². The molecule has 2 atom stereocenters. The first-order valence-corrected chi connectivity index (χ1v) is 14.2. The van der Waals surface area contributed by atoms with E-state index in [-0.39, 0.29) is 18.6 Å². The quantitative estimate of drug-likeness (QED) is 0.453. The molecule has 2 aliphatic rings. The lowest BCUT2D eigenvalue weighted by atomic mass is 10.1. The molecule has 3 heterocycles. The molecule has 1 N–H and O–H groups in total. The zero-order chi connectivity index (χ0) is 26.7. The number of nitrogens with zero attached hydrogens (tertiary/aromatic N) is 5. The van der Waals surface area contributed by atoms with Gasteiger partial charge in [-0.3, -0.25) is 4.98 Å². The normalized spacial score (nSPS) is 19.8. The second kappa shape index (κ2) is 11.2. The summed E-state index contributed by atoms with van der Waals surface area (Å²) < 4.78 is 35.3. The van der Waals surface area contributed by atoms with Crippen molar-refractivity contribution in [1.29, 1.82) is 0 Å². The van der Waals surface area contributed by atoms with Gasteiger partial charge in [0.1, 0.15) is 11.0 Å². The Morgan fingerprint density at radius 3 is 2.58 bits per heavy atom. The molecule has 200 valence electrons. The van der Waals surface area contributed by atoms with Gasteiger partial charge in [-0.1, -0.05) is 35.9 Å². The molecule has 1 aromatic heterocycles. The minimum absolute atomic E-state index is 0.0119. The Morgan fingerprint density at radius 1 is 1.11 bits per heavy atom. The van der Waals surface area contributed by atoms with Crippen molar-refractivity contribution in [2.75, 3.05) is 46.3 Å². The predicted octanol–water partition coefficient (Wildman–Crippen LogP) is 3.31. The van der Waals surface area contributed by atoms with Gasteiger partial charge in [0, 0.05) is 56.7 Å². The molecular weight excluding hydrogens is 528 g/mol. The number of amides is 2. The summed E-state index contributed by atoms with van der Waals surface area (Å²) in [6, 6.07) is 13.5. The number of benzene rings is 2. The third-order valence-electron chi connectivity index (χ3n) is 6.87. The van der Waals surface area contributed by atoms with Crippen molar-refractivity contribution in [3.05, 3.63) is 83.3 Å². The van der Waals surface area contributed by atoms with Crippen LogP contribution in [0.15, 0.2) is 67.1 Å². The summed E-state index contributed by atoms with van der Waals surface area (Å²) >= 11 is 6.10. The van der Waals surface area contributed by atoms with E-state index in [1.54, 1.807) is 41.4 Å². The lowest BCUT2D eigenvalue weighted by Crippen LogP contribution is -2.49. The predicted molar refractivity (Wildman–Crippen MR) is 144 cm³/mol. The second-order valence-corrected chi connectivity index (χ2v) is 11.9. The number of likely N-dealkylation sites (N-methyl/N-ethyl adjacent to an activating group) is 1. The Labute approximate surface area is 227 Å². The molecule has 2 aliphatic heterocycles. The van der Waals surface area contributed by atoms with Crippen LogP contribution in [0.25, 0.3) is 0 Å². The number of piperazine rings is 1. The van der Waals surface area contributed by atoms with Crippen molar-refractivity contribution in [2.45, 2.75) is 11.3 Å². The molecule has 0 bridgehead atoms. The summed E-state index contributed by atoms with van der Waals surface area (Å²) in [4.78, 5) is 24.9. The first-order valence-electron chi connectivity index (χ1n) is 12.3. The van der Waals surface area contributed by atoms with Gasteiger partial charge in [0.15, 0.2) is 0 Å². The van der Waals surface area contributed by atoms with Gasteiger partial charge < -0.3 is 19.9 Å². The van der Waals surface area contributed by atoms with E-state index in [1.807, 2.05) is 25.2 Å². The lowest BCUT2D eigenvalue weighted by Gasteiger charge is -2.36. The van der Waals surface area contributed by atoms with Crippen molar-refractivity contribution in [2.24, 2.45) is 0 Å². The highest BCUT2D eigenvalue weighted by Crippen LogP contribution is 2.34. The van der Waals surface area contributed by atoms with Gasteiger partial charge in [-0.2, -0.15) is 4.31 Å². The summed E-state index contributed by atoms with van der Waals surface area (Å²) in [5.41, 5.74) is 1.41. The largest absolute Gasteiger partial charge is 0.437 e. The highest BCUT2D eigenvalue weighted by molar-refractivity contribution is 7.89. The summed E-state index contributed by atoms with van der Waals surface area (Å²) in [5.74, 6) is 0.893. The molecule has 0 aliphatic carbocycles. The number of urea groups is 1. The van der Waals surface area contributed by atoms with E-state index in [4.69, 9.17) is 16.3 Å². The molecule has 38 heavy (non-hydrogen) atoms. The second-order valence-electron chi connectivity index (χ2n) is 9.36. The Balaban J connectivity index is 1.44. The Morgan fingerprint density at radius 2 is 1.87 bits per heavy atom. The maximum Gasteiger partial charge on any atom is 0.318 e. The van der Waals surface area contributed by atoms with Crippen LogP contribution in [0.5, 0.6) is 11.6 Å². The van der Waals surface area contributed by atoms with Crippen molar-refractivity contribution >= 4 is 27.7 Å². The van der Waals surface area contributed by atoms with E-state index in [0.717, 1.165) is 5.56 Å². The maximum absolute atomic E-state index is 14.0. The van der Waals surface area contributed by atoms with E-state index in [0.29, 0.717) is 54.9 Å². The van der Waals surface area contributed by atoms with Crippen LogP contribution in [-0.2, 0) is 10.0 Å². The number of carbonyl (C=O) groups is 1. The van der Waals surface area contributed by atoms with Gasteiger partial charge in [0.25, 0.3) is 0 Å². The van der Waals surface area contributed by atoms with Gasteiger partial charge in [-0.05, 0) is 42.4 Å². The summed E-state index contributed by atoms with van der Waals surface area (Å²) in [6.45, 7) is 2.44. The molecule has 0 radical (unpaired) electrons. The van der Waals surface area contributed by atoms with Crippen molar-refractivity contribution in [3.8, 4) is 11.6 Å². The fourth-order valence-electron chi connectivity index (χ4n) is 4.74. The summed E-state index contributed by atoms with van der Waals surface area (Å²) in [6.07, 6.45) is 4.61. The third-order valence-corrected chi connectivity index (χ3v) is 9.35. The van der Waals surface area contributed by atoms with Crippen LogP contribution < -0.4 is 10.1 Å². The topological polar surface area (TPSA) is 108 Å². The number of sulfonamides is 1. The molecular formula is C26H29ClN6O4S. The number of aromatic nitrogens is 2. The fourth-order valence-corrected chi connectivity index (χ4v) is 6.75. The van der Waals surface area contributed by atoms with Crippen LogP contribution in [0.4, 0.5) is 4.79 Å². The summed E-state index contributed by atoms with van der Waals surface area (Å²) in [5, 5.41) is 2.44. The van der Waals surface area contributed by atoms with E-state index in [2.05, 4.69) is 20.2 Å². The standard InChI is InChI=1S/C26H29ClN6O4S/c1-31-11-13-32(14-12-31)38(35,36)24(19-5-7-21(27)8-6-19)18-33-23(16-30-26(33)34)20-3-2-4-22(15-20)37-25-17-28-9-10-29-25/h2-10,15,17,23-24H,11-14,16,18H2,1H3,(H,30,34)/t23-,24?/m1/s1. The third kappa shape index (κ3) is 5.75. The minimum atomic E-state index is -3.78. The van der Waals surface area contributed by atoms with E-state index >= 15 is 0 Å². The zero-order valence-corrected chi connectivity index (χ0v) is 22.5. The monoisotopic (exact) mass is 556 g/mol. The van der Waals surface area contributed by atoms with E-state index in [1.165, 1.54) is 16.7 Å². The van der Waals surface area contributed by atoms with Gasteiger partial charge >= 0.3 is 6.03 Å². The molecule has 12 heteroatoms. The summed E-state index contributed by atoms with van der Waals surface area (Å²) in [7, 11) is -1.80. The van der Waals surface area contributed by atoms with Crippen molar-refractivity contribution < 1.29 is 17.9 Å². The molecule has 0 saturated carbocycles. The first kappa shape index (κ1) is 26.4. The minimum Gasteiger partial charge on any atom is -0.437 e. The molecule has 3 aromatic rings. The molecule has 10 nitrogen and oxygen atoms in total. The molecule has 2 aromatic carbocycles. The lowest BCUT2D eigenvalue weighted by molar-refractivity contribution is 0.200. The number of hydrogen-bond donors (Lipinski definition) is 1. The van der Waals surface area contributed by atoms with Gasteiger partial charge in [-0.25, -0.2) is 18.2 Å². The average Bonchev–Trinajstić information content (AvgIpc) is 3.29. The molecule has 0 spiro atoms. The molecule has 2 saturated heterocycles. The van der Waals surface area contributed by atoms with Gasteiger partial charge in [0.2, 0.25) is 15.9 Å². The highest BCUT2D eigenvalue weighted by Gasteiger charge is 2.41. The first-order chi connectivity index (χ1) is 18.3. The zero-order valence-electron chi connectivity index (χ0n) is 20.9. The number of rotatable bonds is 8. The van der Waals surface area contributed by atoms with Crippen molar-refractivity contribution in [1.82, 2.24) is 29.4 Å². The van der Waals surface area contributed by atoms with Crippen LogP contribution in [0.1, 0.15) is 22.4 Å². The number of hydrogen-bond acceptors (Lipinski definition) is 7. The number of nitrogens with one attached hydrogen (secondary N) is 1. The number of halogens is 1. The molecule has 1 unspecified atom stereocenters. The van der Waals surface area contributed by atoms with Crippen LogP contribution in [0.3, 0.4) is 0 Å². The van der Waals surface area contributed by atoms with E-state index in [9.17, 15) is 13.2 Å². The van der Waals surface area contributed by atoms with Crippen LogP contribution >= 0.6 is 11.6 Å². The fraction of sp³-hybridized carbons (Fsp3) is 0.346. The van der Waals surface area contributed by atoms with Crippen molar-refractivity contribution in [3.63, 3.8) is 0 Å². The maximum atomic E-state index is 14.0. The Bertz CT molecular complexity index is 1370. The molecule has 5 rings (SSSR count). The highest BCUT2D eigenvalue weighted by atomic mass is 35.5. The SMILES string of the molecule is CN1CCN(S(=O)(=O)C(CN2C(=O)NC[C@@H]2c2cccc(Oc3cnccn3)c2)c2ccc(Cl)cc2)CC1. The number of ether oxygens (including phenoxy) is 1. The van der Waals surface area contributed by atoms with Crippen LogP contribution in [0.2, 0.25) is 5.02 Å². The molecule has 2 amide bonds. The molecule has 2 fully saturated rings. The van der Waals surface area contributed by atoms with Gasteiger partial charge in [0.05, 0.1) is 12.2 Å². The number of carbonyl (C=O) groups excluding carboxylic acids is 1. The van der Waals surface area contributed by atoms with Crippen LogP contribution in [-0.4, -0.2) is 84.8 Å². The Hall–Kier alpha value is -3.25. The Kier molecular flexibility index (Phi) is 7.80. The van der Waals surface area contributed by atoms with Crippen LogP contribution in [0, 0.1) is 0 Å². The van der Waals surface area contributed by atoms with E-state index < -0.39 is 15.3 Å². The average molecular weight is 557 g/mol.